The van der Waals surface area contributed by atoms with Crippen molar-refractivity contribution in [1.29, 1.82) is 0 Å². The van der Waals surface area contributed by atoms with E-state index < -0.39 is 0 Å². The summed E-state index contributed by atoms with van der Waals surface area (Å²) in [6.07, 6.45) is 0.398. The van der Waals surface area contributed by atoms with Gasteiger partial charge >= 0.3 is 5.97 Å². The highest BCUT2D eigenvalue weighted by Gasteiger charge is 2.80. The molecule has 4 aliphatic heterocycles. The fourth-order valence-electron chi connectivity index (χ4n) is 5.88. The van der Waals surface area contributed by atoms with Crippen LogP contribution in [0.4, 0.5) is 0 Å². The number of methoxy groups -OCH3 is 1. The number of hydrogen-bond donors (Lipinski definition) is 1. The summed E-state index contributed by atoms with van der Waals surface area (Å²) < 4.78 is 24.3. The molecule has 0 aliphatic carbocycles. The van der Waals surface area contributed by atoms with Gasteiger partial charge in [0, 0.05) is 31.5 Å². The minimum absolute atomic E-state index is 0.0142. The molecule has 2 bridgehead atoms. The quantitative estimate of drug-likeness (QED) is 0.788. The van der Waals surface area contributed by atoms with Crippen LogP contribution < -0.4 is 0 Å². The van der Waals surface area contributed by atoms with Gasteiger partial charge in [-0.2, -0.15) is 11.8 Å². The van der Waals surface area contributed by atoms with Crippen molar-refractivity contribution < 1.29 is 28.8 Å². The van der Waals surface area contributed by atoms with Crippen LogP contribution in [0, 0.1) is 11.3 Å². The average molecular weight is 392 g/mol. The SMILES string of the molecule is CO[C@H]1O[C@@H]2CSC[C@]34C[C@H](c5ccc(O)cc5)[C@H](O3)[C@H]1[C@]24COC(C)=O. The fourth-order valence-corrected chi connectivity index (χ4v) is 7.37. The second-order valence-corrected chi connectivity index (χ2v) is 9.10. The Morgan fingerprint density at radius 2 is 2.15 bits per heavy atom. The van der Waals surface area contributed by atoms with Crippen molar-refractivity contribution >= 4 is 17.7 Å². The first-order valence-electron chi connectivity index (χ1n) is 9.37. The van der Waals surface area contributed by atoms with E-state index in [0.717, 1.165) is 23.5 Å². The molecule has 0 aromatic heterocycles. The number of aromatic hydroxyl groups is 1. The Balaban J connectivity index is 1.57. The Morgan fingerprint density at radius 1 is 1.37 bits per heavy atom. The van der Waals surface area contributed by atoms with Crippen LogP contribution in [0.25, 0.3) is 0 Å². The third-order valence-corrected chi connectivity index (χ3v) is 8.15. The van der Waals surface area contributed by atoms with Crippen LogP contribution in [0.3, 0.4) is 0 Å². The highest BCUT2D eigenvalue weighted by molar-refractivity contribution is 7.99. The number of phenols is 1. The topological polar surface area (TPSA) is 74.2 Å². The maximum atomic E-state index is 11.6. The third kappa shape index (κ3) is 2.29. The standard InChI is InChI=1S/C20H24O6S/c1-11(21)24-9-20-15-8-27-10-19(20)7-14(12-3-5-13(22)6-4-12)17(26-19)16(20)18(23-2)25-15/h3-6,14-18,22H,7-10H2,1-2H3/t14-,15-,16-,17+,18+,19+,20+/m1/s1. The van der Waals surface area contributed by atoms with Crippen LogP contribution in [-0.2, 0) is 23.7 Å². The maximum absolute atomic E-state index is 11.6. The lowest BCUT2D eigenvalue weighted by atomic mass is 9.55. The van der Waals surface area contributed by atoms with Crippen LogP contribution in [0.2, 0.25) is 0 Å². The van der Waals surface area contributed by atoms with Gasteiger partial charge in [0.25, 0.3) is 0 Å². The number of fused-ring (bicyclic) bond motifs is 2. The molecule has 4 saturated heterocycles. The lowest BCUT2D eigenvalue weighted by molar-refractivity contribution is -0.165. The summed E-state index contributed by atoms with van der Waals surface area (Å²) in [5.41, 5.74) is 0.411. The van der Waals surface area contributed by atoms with E-state index in [2.05, 4.69) is 0 Å². The van der Waals surface area contributed by atoms with Crippen molar-refractivity contribution in [2.24, 2.45) is 11.3 Å². The second-order valence-electron chi connectivity index (χ2n) is 8.07. The van der Waals surface area contributed by atoms with Crippen LogP contribution in [0.5, 0.6) is 5.75 Å². The summed E-state index contributed by atoms with van der Waals surface area (Å²) >= 11 is 1.84. The summed E-state index contributed by atoms with van der Waals surface area (Å²) in [6, 6.07) is 7.39. The molecule has 27 heavy (non-hydrogen) atoms. The number of rotatable bonds is 4. The van der Waals surface area contributed by atoms with Gasteiger partial charge < -0.3 is 24.1 Å². The molecule has 6 nitrogen and oxygen atoms in total. The number of carbonyl (C=O) groups is 1. The Hall–Kier alpha value is -1.28. The normalized spacial score (nSPS) is 44.3. The van der Waals surface area contributed by atoms with E-state index in [0.29, 0.717) is 6.61 Å². The number of esters is 1. The predicted octanol–water partition coefficient (Wildman–Crippen LogP) is 2.30. The number of carbonyl (C=O) groups excluding carboxylic acids is 1. The number of phenolic OH excluding ortho intramolecular Hbond substituents is 1. The van der Waals surface area contributed by atoms with Crippen LogP contribution >= 0.6 is 11.8 Å². The van der Waals surface area contributed by atoms with Gasteiger partial charge in [0.2, 0.25) is 0 Å². The Morgan fingerprint density at radius 3 is 2.85 bits per heavy atom. The molecule has 146 valence electrons. The van der Waals surface area contributed by atoms with E-state index in [-0.39, 0.29) is 53.1 Å². The summed E-state index contributed by atoms with van der Waals surface area (Å²) in [5.74, 6) is 1.94. The molecule has 4 fully saturated rings. The predicted molar refractivity (Wildman–Crippen MR) is 98.6 cm³/mol. The lowest BCUT2D eigenvalue weighted by Crippen LogP contribution is -2.62. The fraction of sp³-hybridized carbons (Fsp3) is 0.650. The van der Waals surface area contributed by atoms with Gasteiger partial charge in [-0.05, 0) is 24.1 Å². The minimum atomic E-state index is -0.388. The summed E-state index contributed by atoms with van der Waals surface area (Å²) in [5, 5.41) is 9.64. The highest BCUT2D eigenvalue weighted by atomic mass is 32.2. The Bertz CT molecular complexity index is 753. The molecule has 1 aromatic rings. The van der Waals surface area contributed by atoms with Crippen molar-refractivity contribution in [3.63, 3.8) is 0 Å². The van der Waals surface area contributed by atoms with Crippen molar-refractivity contribution in [1.82, 2.24) is 0 Å². The lowest BCUT2D eigenvalue weighted by Gasteiger charge is -2.50. The van der Waals surface area contributed by atoms with E-state index in [1.54, 1.807) is 19.2 Å². The smallest absolute Gasteiger partial charge is 0.302 e. The Labute approximate surface area is 162 Å². The molecule has 1 spiro atoms. The number of benzene rings is 1. The molecule has 1 aromatic carbocycles. The molecule has 4 heterocycles. The zero-order chi connectivity index (χ0) is 18.8. The van der Waals surface area contributed by atoms with Crippen molar-refractivity contribution in [3.05, 3.63) is 29.8 Å². The number of hydrogen-bond acceptors (Lipinski definition) is 7. The zero-order valence-corrected chi connectivity index (χ0v) is 16.2. The first-order valence-corrected chi connectivity index (χ1v) is 10.5. The Kier molecular flexibility index (Phi) is 4.03. The van der Waals surface area contributed by atoms with Crippen LogP contribution in [0.15, 0.2) is 24.3 Å². The van der Waals surface area contributed by atoms with E-state index in [4.69, 9.17) is 18.9 Å². The molecular weight excluding hydrogens is 368 g/mol. The monoisotopic (exact) mass is 392 g/mol. The van der Waals surface area contributed by atoms with Gasteiger partial charge in [-0.1, -0.05) is 12.1 Å². The van der Waals surface area contributed by atoms with Crippen LogP contribution in [0.1, 0.15) is 24.8 Å². The first-order chi connectivity index (χ1) is 13.0. The van der Waals surface area contributed by atoms with E-state index in [1.807, 2.05) is 23.9 Å². The van der Waals surface area contributed by atoms with Gasteiger partial charge in [0.05, 0.1) is 29.1 Å². The molecule has 4 aliphatic rings. The summed E-state index contributed by atoms with van der Waals surface area (Å²) in [4.78, 5) is 11.6. The number of thioether (sulfide) groups is 1. The van der Waals surface area contributed by atoms with Gasteiger partial charge in [-0.15, -0.1) is 0 Å². The largest absolute Gasteiger partial charge is 0.508 e. The third-order valence-electron chi connectivity index (χ3n) is 6.94. The number of ether oxygens (including phenoxy) is 4. The van der Waals surface area contributed by atoms with Crippen LogP contribution in [-0.4, -0.2) is 60.4 Å². The van der Waals surface area contributed by atoms with Gasteiger partial charge in [-0.3, -0.25) is 4.79 Å². The molecule has 0 amide bonds. The summed E-state index contributed by atoms with van der Waals surface area (Å²) in [6.45, 7) is 1.77. The second kappa shape index (κ2) is 6.11. The van der Waals surface area contributed by atoms with E-state index in [1.165, 1.54) is 6.92 Å². The van der Waals surface area contributed by atoms with Crippen molar-refractivity contribution in [3.8, 4) is 5.75 Å². The van der Waals surface area contributed by atoms with E-state index >= 15 is 0 Å². The summed E-state index contributed by atoms with van der Waals surface area (Å²) in [7, 11) is 1.67. The van der Waals surface area contributed by atoms with Crippen molar-refractivity contribution in [2.75, 3.05) is 25.2 Å². The minimum Gasteiger partial charge on any atom is -0.508 e. The molecule has 1 N–H and O–H groups in total. The van der Waals surface area contributed by atoms with E-state index in [9.17, 15) is 9.90 Å². The highest BCUT2D eigenvalue weighted by Crippen LogP contribution is 2.71. The molecule has 0 radical (unpaired) electrons. The van der Waals surface area contributed by atoms with Gasteiger partial charge in [0.1, 0.15) is 12.4 Å². The molecule has 7 atom stereocenters. The van der Waals surface area contributed by atoms with Crippen molar-refractivity contribution in [2.45, 2.75) is 43.4 Å². The average Bonchev–Trinajstić information content (AvgIpc) is 3.28. The van der Waals surface area contributed by atoms with Gasteiger partial charge in [0.15, 0.2) is 6.29 Å². The molecule has 0 unspecified atom stereocenters. The maximum Gasteiger partial charge on any atom is 0.302 e. The van der Waals surface area contributed by atoms with Gasteiger partial charge in [-0.25, -0.2) is 0 Å². The molecular formula is C20H24O6S. The molecule has 7 heteroatoms. The first kappa shape index (κ1) is 17.8. The molecule has 0 saturated carbocycles. The zero-order valence-electron chi connectivity index (χ0n) is 15.4. The molecule has 5 rings (SSSR count).